The van der Waals surface area contributed by atoms with Gasteiger partial charge in [-0.25, -0.2) is 4.79 Å². The molecule has 1 fully saturated rings. The van der Waals surface area contributed by atoms with Gasteiger partial charge in [-0.15, -0.1) is 0 Å². The van der Waals surface area contributed by atoms with Crippen LogP contribution in [0.15, 0.2) is 27.4 Å². The molecule has 0 radical (unpaired) electrons. The lowest BCUT2D eigenvalue weighted by atomic mass is 9.79. The smallest absolute Gasteiger partial charge is 0.396 e. The van der Waals surface area contributed by atoms with Gasteiger partial charge in [-0.1, -0.05) is 36.3 Å². The van der Waals surface area contributed by atoms with Crippen molar-refractivity contribution in [3.8, 4) is 0 Å². The first kappa shape index (κ1) is 11.5. The molecule has 0 bridgehead atoms. The highest BCUT2D eigenvalue weighted by atomic mass is 32.1. The monoisotopic (exact) mass is 264 g/mol. The van der Waals surface area contributed by atoms with Crippen molar-refractivity contribution in [1.29, 1.82) is 0 Å². The molecule has 3 rings (SSSR count). The normalized spacial score (nSPS) is 18.2. The van der Waals surface area contributed by atoms with Crippen LogP contribution in [0, 0.1) is 0 Å². The SMILES string of the molecule is O=C(O)C1(c2cccc3oc(=O)sc23)CCCC1. The molecular weight excluding hydrogens is 252 g/mol. The summed E-state index contributed by atoms with van der Waals surface area (Å²) in [5.41, 5.74) is 0.391. The maximum Gasteiger partial charge on any atom is 0.396 e. The number of carbonyl (C=O) groups is 1. The van der Waals surface area contributed by atoms with Crippen LogP contribution in [-0.2, 0) is 10.2 Å². The van der Waals surface area contributed by atoms with Gasteiger partial charge in [0, 0.05) is 0 Å². The van der Waals surface area contributed by atoms with Crippen LogP contribution in [0.5, 0.6) is 0 Å². The molecule has 18 heavy (non-hydrogen) atoms. The Morgan fingerprint density at radius 1 is 1.33 bits per heavy atom. The molecule has 1 heterocycles. The molecule has 0 aliphatic heterocycles. The second-order valence-corrected chi connectivity index (χ2v) is 5.63. The third kappa shape index (κ3) is 1.50. The van der Waals surface area contributed by atoms with E-state index in [4.69, 9.17) is 4.42 Å². The summed E-state index contributed by atoms with van der Waals surface area (Å²) in [6.07, 6.45) is 3.09. The van der Waals surface area contributed by atoms with Gasteiger partial charge in [0.05, 0.1) is 10.1 Å². The average Bonchev–Trinajstić information content (AvgIpc) is 2.93. The summed E-state index contributed by atoms with van der Waals surface area (Å²) in [6, 6.07) is 5.28. The predicted molar refractivity (Wildman–Crippen MR) is 68.1 cm³/mol. The van der Waals surface area contributed by atoms with Crippen molar-refractivity contribution >= 4 is 27.6 Å². The third-order valence-corrected chi connectivity index (χ3v) is 4.61. The summed E-state index contributed by atoms with van der Waals surface area (Å²) in [5, 5.41) is 9.58. The Bertz CT molecular complexity index is 661. The molecule has 0 spiro atoms. The van der Waals surface area contributed by atoms with Crippen molar-refractivity contribution in [2.24, 2.45) is 0 Å². The molecule has 2 aromatic rings. The van der Waals surface area contributed by atoms with Gasteiger partial charge in [-0.3, -0.25) is 4.79 Å². The van der Waals surface area contributed by atoms with E-state index in [2.05, 4.69) is 0 Å². The standard InChI is InChI=1S/C13H12O4S/c14-11(15)13(6-1-2-7-13)8-4-3-5-9-10(8)18-12(16)17-9/h3-5H,1-2,6-7H2,(H,14,15). The first-order valence-corrected chi connectivity index (χ1v) is 6.72. The quantitative estimate of drug-likeness (QED) is 0.905. The zero-order valence-corrected chi connectivity index (χ0v) is 10.5. The van der Waals surface area contributed by atoms with E-state index >= 15 is 0 Å². The highest BCUT2D eigenvalue weighted by Gasteiger charge is 2.44. The van der Waals surface area contributed by atoms with E-state index in [9.17, 15) is 14.7 Å². The Kier molecular flexibility index (Phi) is 2.52. The van der Waals surface area contributed by atoms with Gasteiger partial charge >= 0.3 is 10.9 Å². The minimum atomic E-state index is -0.841. The molecule has 4 nitrogen and oxygen atoms in total. The number of fused-ring (bicyclic) bond motifs is 1. The number of hydrogen-bond donors (Lipinski definition) is 1. The fraction of sp³-hybridized carbons (Fsp3) is 0.385. The minimum Gasteiger partial charge on any atom is -0.481 e. The van der Waals surface area contributed by atoms with Crippen LogP contribution in [0.2, 0.25) is 0 Å². The van der Waals surface area contributed by atoms with E-state index < -0.39 is 11.4 Å². The van der Waals surface area contributed by atoms with Crippen LogP contribution in [0.25, 0.3) is 10.3 Å². The van der Waals surface area contributed by atoms with E-state index in [1.807, 2.05) is 6.07 Å². The van der Waals surface area contributed by atoms with Crippen molar-refractivity contribution < 1.29 is 14.3 Å². The highest BCUT2D eigenvalue weighted by Crippen LogP contribution is 2.44. The molecule has 1 aliphatic carbocycles. The van der Waals surface area contributed by atoms with E-state index in [0.717, 1.165) is 29.7 Å². The van der Waals surface area contributed by atoms with Crippen LogP contribution >= 0.6 is 11.3 Å². The summed E-state index contributed by atoms with van der Waals surface area (Å²) in [7, 11) is 0. The number of hydrogen-bond acceptors (Lipinski definition) is 4. The average molecular weight is 264 g/mol. The van der Waals surface area contributed by atoms with Crippen molar-refractivity contribution in [2.75, 3.05) is 0 Å². The summed E-state index contributed by atoms with van der Waals surface area (Å²) < 4.78 is 5.75. The first-order chi connectivity index (χ1) is 8.63. The first-order valence-electron chi connectivity index (χ1n) is 5.90. The second kappa shape index (κ2) is 3.95. The molecule has 1 saturated carbocycles. The summed E-state index contributed by atoms with van der Waals surface area (Å²) >= 11 is 0.996. The van der Waals surface area contributed by atoms with Crippen molar-refractivity contribution in [1.82, 2.24) is 0 Å². The van der Waals surface area contributed by atoms with Gasteiger partial charge in [-0.05, 0) is 24.5 Å². The van der Waals surface area contributed by atoms with Gasteiger partial charge in [0.2, 0.25) is 0 Å². The summed E-state index contributed by atoms with van der Waals surface area (Å²) in [5.74, 6) is -0.798. The Morgan fingerprint density at radius 3 is 2.72 bits per heavy atom. The number of carboxylic acids is 1. The van der Waals surface area contributed by atoms with E-state index in [1.54, 1.807) is 12.1 Å². The Hall–Kier alpha value is -1.62. The molecule has 1 N–H and O–H groups in total. The molecular formula is C13H12O4S. The lowest BCUT2D eigenvalue weighted by molar-refractivity contribution is -0.143. The Labute approximate surface area is 107 Å². The van der Waals surface area contributed by atoms with Crippen LogP contribution in [0.1, 0.15) is 31.2 Å². The van der Waals surface area contributed by atoms with Gasteiger partial charge in [0.25, 0.3) is 0 Å². The van der Waals surface area contributed by atoms with Crippen LogP contribution in [0.4, 0.5) is 0 Å². The van der Waals surface area contributed by atoms with Gasteiger partial charge in [0.1, 0.15) is 5.58 Å². The zero-order valence-electron chi connectivity index (χ0n) is 9.64. The molecule has 0 atom stereocenters. The van der Waals surface area contributed by atoms with Crippen LogP contribution in [0.3, 0.4) is 0 Å². The van der Waals surface area contributed by atoms with Crippen molar-refractivity contribution in [3.63, 3.8) is 0 Å². The predicted octanol–water partition coefficient (Wildman–Crippen LogP) is 2.75. The fourth-order valence-electron chi connectivity index (χ4n) is 2.85. The molecule has 1 aromatic carbocycles. The van der Waals surface area contributed by atoms with Crippen molar-refractivity contribution in [3.05, 3.63) is 33.5 Å². The highest BCUT2D eigenvalue weighted by molar-refractivity contribution is 7.16. The Morgan fingerprint density at radius 2 is 2.06 bits per heavy atom. The zero-order chi connectivity index (χ0) is 12.8. The molecule has 5 heteroatoms. The maximum atomic E-state index is 11.7. The van der Waals surface area contributed by atoms with E-state index in [-0.39, 0.29) is 4.94 Å². The van der Waals surface area contributed by atoms with Gasteiger partial charge < -0.3 is 9.52 Å². The second-order valence-electron chi connectivity index (χ2n) is 4.68. The minimum absolute atomic E-state index is 0.379. The molecule has 1 aromatic heterocycles. The third-order valence-electron chi connectivity index (χ3n) is 3.74. The van der Waals surface area contributed by atoms with E-state index in [0.29, 0.717) is 23.1 Å². The molecule has 0 unspecified atom stereocenters. The molecule has 1 aliphatic rings. The molecule has 0 amide bonds. The fourth-order valence-corrected chi connectivity index (χ4v) is 3.73. The lowest BCUT2D eigenvalue weighted by Gasteiger charge is -2.24. The Balaban J connectivity index is 2.30. The lowest BCUT2D eigenvalue weighted by Crippen LogP contribution is -2.32. The summed E-state index contributed by atoms with van der Waals surface area (Å²) in [6.45, 7) is 0. The van der Waals surface area contributed by atoms with Crippen molar-refractivity contribution in [2.45, 2.75) is 31.1 Å². The van der Waals surface area contributed by atoms with Crippen LogP contribution < -0.4 is 4.94 Å². The number of carboxylic acid groups (broad SMARTS) is 1. The van der Waals surface area contributed by atoms with Gasteiger partial charge in [0.15, 0.2) is 0 Å². The summed E-state index contributed by atoms with van der Waals surface area (Å²) in [4.78, 5) is 22.6. The number of benzene rings is 1. The molecule has 94 valence electrons. The molecule has 0 saturated heterocycles. The van der Waals surface area contributed by atoms with E-state index in [1.165, 1.54) is 0 Å². The topological polar surface area (TPSA) is 67.5 Å². The van der Waals surface area contributed by atoms with Crippen LogP contribution in [-0.4, -0.2) is 11.1 Å². The van der Waals surface area contributed by atoms with Gasteiger partial charge in [-0.2, -0.15) is 0 Å². The number of rotatable bonds is 2. The largest absolute Gasteiger partial charge is 0.481 e. The maximum absolute atomic E-state index is 11.7. The number of aliphatic carboxylic acids is 1.